The Morgan fingerprint density at radius 2 is 1.62 bits per heavy atom. The number of carbonyl (C=O) groups excluding carboxylic acids is 2. The van der Waals surface area contributed by atoms with Crippen LogP contribution in [0.2, 0.25) is 10.0 Å². The van der Waals surface area contributed by atoms with Crippen molar-refractivity contribution in [3.8, 4) is 5.75 Å². The fraction of sp³-hybridized carbons (Fsp3) is 0.355. The van der Waals surface area contributed by atoms with Gasteiger partial charge in [0, 0.05) is 23.1 Å². The van der Waals surface area contributed by atoms with Gasteiger partial charge in [-0.2, -0.15) is 0 Å². The number of anilines is 1. The molecule has 0 saturated heterocycles. The minimum atomic E-state index is -4.19. The van der Waals surface area contributed by atoms with E-state index in [1.165, 1.54) is 17.0 Å². The molecule has 0 unspecified atom stereocenters. The van der Waals surface area contributed by atoms with Gasteiger partial charge in [-0.15, -0.1) is 0 Å². The summed E-state index contributed by atoms with van der Waals surface area (Å²) in [6, 6.07) is 18.5. The number of benzene rings is 3. The number of nitrogens with zero attached hydrogens (tertiary/aromatic N) is 2. The van der Waals surface area contributed by atoms with Gasteiger partial charge in [0.1, 0.15) is 18.3 Å². The average molecular weight is 635 g/mol. The Balaban J connectivity index is 2.03. The number of nitrogens with one attached hydrogen (secondary N) is 1. The molecule has 3 rings (SSSR count). The number of sulfonamides is 1. The van der Waals surface area contributed by atoms with Crippen molar-refractivity contribution in [1.82, 2.24) is 10.2 Å². The summed E-state index contributed by atoms with van der Waals surface area (Å²) in [4.78, 5) is 28.8. The summed E-state index contributed by atoms with van der Waals surface area (Å²) in [5, 5.41) is 3.67. The summed E-state index contributed by atoms with van der Waals surface area (Å²) < 4.78 is 34.4. The van der Waals surface area contributed by atoms with Crippen LogP contribution in [-0.4, -0.2) is 50.9 Å². The highest BCUT2D eigenvalue weighted by atomic mass is 35.5. The summed E-state index contributed by atoms with van der Waals surface area (Å²) >= 11 is 12.5. The van der Waals surface area contributed by atoms with Crippen LogP contribution in [0.5, 0.6) is 5.75 Å². The van der Waals surface area contributed by atoms with Gasteiger partial charge < -0.3 is 15.0 Å². The summed E-state index contributed by atoms with van der Waals surface area (Å²) in [6.07, 6.45) is 0.303. The predicted octanol–water partition coefficient (Wildman–Crippen LogP) is 6.17. The number of rotatable bonds is 14. The number of para-hydroxylation sites is 1. The third-order valence-corrected chi connectivity index (χ3v) is 8.85. The fourth-order valence-electron chi connectivity index (χ4n) is 4.30. The lowest BCUT2D eigenvalue weighted by Crippen LogP contribution is -2.52. The van der Waals surface area contributed by atoms with E-state index in [1.807, 2.05) is 20.8 Å². The lowest BCUT2D eigenvalue weighted by molar-refractivity contribution is -0.140. The van der Waals surface area contributed by atoms with Crippen LogP contribution in [0.15, 0.2) is 77.7 Å². The third-order valence-electron chi connectivity index (χ3n) is 6.47. The molecular weight excluding hydrogens is 597 g/mol. The van der Waals surface area contributed by atoms with Gasteiger partial charge >= 0.3 is 0 Å². The van der Waals surface area contributed by atoms with Crippen LogP contribution in [0.1, 0.15) is 39.7 Å². The lowest BCUT2D eigenvalue weighted by Gasteiger charge is -2.33. The van der Waals surface area contributed by atoms with E-state index in [0.717, 1.165) is 4.31 Å². The third kappa shape index (κ3) is 8.63. The van der Waals surface area contributed by atoms with E-state index < -0.39 is 28.5 Å². The molecule has 0 aromatic heterocycles. The van der Waals surface area contributed by atoms with Crippen molar-refractivity contribution >= 4 is 50.7 Å². The Bertz CT molecular complexity index is 1450. The number of hydrogen-bond donors (Lipinski definition) is 1. The van der Waals surface area contributed by atoms with Gasteiger partial charge in [-0.1, -0.05) is 68.2 Å². The molecule has 1 N–H and O–H groups in total. The summed E-state index contributed by atoms with van der Waals surface area (Å²) in [6.45, 7) is 7.89. The molecule has 0 bridgehead atoms. The Morgan fingerprint density at radius 1 is 0.952 bits per heavy atom. The van der Waals surface area contributed by atoms with Crippen molar-refractivity contribution in [2.75, 3.05) is 24.0 Å². The van der Waals surface area contributed by atoms with Crippen LogP contribution >= 0.6 is 23.2 Å². The molecule has 0 aliphatic heterocycles. The molecule has 2 amide bonds. The summed E-state index contributed by atoms with van der Waals surface area (Å²) in [5.41, 5.74) is 0.881. The zero-order valence-corrected chi connectivity index (χ0v) is 26.5. The molecule has 3 aromatic carbocycles. The van der Waals surface area contributed by atoms with Crippen molar-refractivity contribution in [2.24, 2.45) is 5.92 Å². The Kier molecular flexibility index (Phi) is 12.1. The molecule has 1 atom stereocenters. The normalized spacial score (nSPS) is 12.1. The number of carbonyl (C=O) groups is 2. The Labute approximate surface area is 258 Å². The fourth-order valence-corrected chi connectivity index (χ4v) is 6.18. The van der Waals surface area contributed by atoms with Crippen LogP contribution in [0.3, 0.4) is 0 Å². The average Bonchev–Trinajstić information content (AvgIpc) is 2.96. The first-order valence-electron chi connectivity index (χ1n) is 13.8. The Hall–Kier alpha value is -3.27. The van der Waals surface area contributed by atoms with Gasteiger partial charge in [0.15, 0.2) is 0 Å². The van der Waals surface area contributed by atoms with Crippen LogP contribution in [0, 0.1) is 5.92 Å². The van der Waals surface area contributed by atoms with E-state index in [0.29, 0.717) is 46.6 Å². The van der Waals surface area contributed by atoms with Gasteiger partial charge in [-0.05, 0) is 73.4 Å². The SMILES string of the molecule is CCOc1ccc(S(=O)(=O)N(CC(=O)N(Cc2ccc(Cl)cc2Cl)[C@@H](CC)C(=O)NCC(C)C)c2ccccc2)cc1. The highest BCUT2D eigenvalue weighted by molar-refractivity contribution is 7.92. The number of halogens is 2. The topological polar surface area (TPSA) is 96.0 Å². The first kappa shape index (κ1) is 33.2. The molecule has 0 aliphatic rings. The van der Waals surface area contributed by atoms with Gasteiger partial charge in [0.25, 0.3) is 10.0 Å². The standard InChI is InChI=1S/C31H37Cl2N3O5S/c1-5-29(31(38)34-19-22(3)4)35(20-23-12-13-24(32)18-28(23)33)30(37)21-36(25-10-8-7-9-11-25)42(39,40)27-16-14-26(15-17-27)41-6-2/h7-18,22,29H,5-6,19-21H2,1-4H3,(H,34,38)/t29-/m0/s1. The maximum absolute atomic E-state index is 14.1. The molecule has 0 saturated carbocycles. The monoisotopic (exact) mass is 633 g/mol. The van der Waals surface area contributed by atoms with E-state index in [2.05, 4.69) is 5.32 Å². The van der Waals surface area contributed by atoms with Crippen LogP contribution in [-0.2, 0) is 26.2 Å². The van der Waals surface area contributed by atoms with E-state index in [4.69, 9.17) is 27.9 Å². The molecule has 3 aromatic rings. The maximum Gasteiger partial charge on any atom is 0.264 e. The van der Waals surface area contributed by atoms with Crippen LogP contribution in [0.4, 0.5) is 5.69 Å². The molecule has 0 heterocycles. The van der Waals surface area contributed by atoms with Crippen molar-refractivity contribution in [1.29, 1.82) is 0 Å². The van der Waals surface area contributed by atoms with Gasteiger partial charge in [0.05, 0.1) is 17.2 Å². The van der Waals surface area contributed by atoms with Gasteiger partial charge in [-0.25, -0.2) is 8.42 Å². The zero-order valence-electron chi connectivity index (χ0n) is 24.2. The quantitative estimate of drug-likeness (QED) is 0.229. The van der Waals surface area contributed by atoms with E-state index in [1.54, 1.807) is 67.6 Å². The van der Waals surface area contributed by atoms with Crippen molar-refractivity contribution in [3.63, 3.8) is 0 Å². The number of hydrogen-bond acceptors (Lipinski definition) is 5. The first-order chi connectivity index (χ1) is 20.0. The summed E-state index contributed by atoms with van der Waals surface area (Å²) in [5.74, 6) is -0.159. The highest BCUT2D eigenvalue weighted by Gasteiger charge is 2.34. The van der Waals surface area contributed by atoms with Crippen LogP contribution in [0.25, 0.3) is 0 Å². The molecule has 226 valence electrons. The highest BCUT2D eigenvalue weighted by Crippen LogP contribution is 2.27. The van der Waals surface area contributed by atoms with E-state index >= 15 is 0 Å². The van der Waals surface area contributed by atoms with Crippen molar-refractivity contribution in [2.45, 2.75) is 51.6 Å². The Morgan fingerprint density at radius 3 is 2.19 bits per heavy atom. The van der Waals surface area contributed by atoms with Crippen LogP contribution < -0.4 is 14.4 Å². The molecule has 8 nitrogen and oxygen atoms in total. The molecule has 0 aliphatic carbocycles. The smallest absolute Gasteiger partial charge is 0.264 e. The molecule has 11 heteroatoms. The summed E-state index contributed by atoms with van der Waals surface area (Å²) in [7, 11) is -4.19. The lowest BCUT2D eigenvalue weighted by atomic mass is 10.1. The minimum absolute atomic E-state index is 0.00313. The second kappa shape index (κ2) is 15.3. The molecule has 0 spiro atoms. The molecule has 0 fully saturated rings. The van der Waals surface area contributed by atoms with Gasteiger partial charge in [0.2, 0.25) is 11.8 Å². The van der Waals surface area contributed by atoms with E-state index in [9.17, 15) is 18.0 Å². The zero-order chi connectivity index (χ0) is 30.9. The van der Waals surface area contributed by atoms with Gasteiger partial charge in [-0.3, -0.25) is 13.9 Å². The van der Waals surface area contributed by atoms with Crippen molar-refractivity contribution in [3.05, 3.63) is 88.4 Å². The second-order valence-corrected chi connectivity index (χ2v) is 12.8. The number of amides is 2. The van der Waals surface area contributed by atoms with E-state index in [-0.39, 0.29) is 23.3 Å². The first-order valence-corrected chi connectivity index (χ1v) is 16.0. The predicted molar refractivity (Wildman–Crippen MR) is 168 cm³/mol. The molecule has 42 heavy (non-hydrogen) atoms. The molecular formula is C31H37Cl2N3O5S. The number of ether oxygens (including phenoxy) is 1. The second-order valence-electron chi connectivity index (χ2n) is 10.1. The minimum Gasteiger partial charge on any atom is -0.494 e. The molecule has 0 radical (unpaired) electrons. The van der Waals surface area contributed by atoms with Crippen molar-refractivity contribution < 1.29 is 22.7 Å². The largest absolute Gasteiger partial charge is 0.494 e. The maximum atomic E-state index is 14.1.